The second kappa shape index (κ2) is 1.70. The van der Waals surface area contributed by atoms with E-state index >= 15 is 0 Å². The minimum atomic E-state index is -0.380. The third-order valence-corrected chi connectivity index (χ3v) is 0.496. The molecule has 6 heavy (non-hydrogen) atoms. The van der Waals surface area contributed by atoms with Gasteiger partial charge in [0, 0.05) is 16.7 Å². The van der Waals surface area contributed by atoms with Gasteiger partial charge in [-0.15, -0.1) is 0 Å². The van der Waals surface area contributed by atoms with Crippen molar-refractivity contribution in [3.63, 3.8) is 0 Å². The molecular weight excluding hydrogens is 80.0 g/mol. The van der Waals surface area contributed by atoms with Gasteiger partial charge in [0.2, 0.25) is 0 Å². The molecule has 0 aromatic rings. The average molecular weight is 90.1 g/mol. The van der Waals surface area contributed by atoms with E-state index in [9.17, 15) is 9.59 Å². The molecule has 0 atom stereocenters. The number of Topliss-reactive ketones (excluding diaryl/α,β-unsaturated/α-hetero) is 2. The molecule has 0 bridgehead atoms. The second-order valence-corrected chi connectivity index (χ2v) is 1.11. The first kappa shape index (κ1) is 5.34. The number of carbonyl (C=O) groups excluding carboxylic acids is 2. The van der Waals surface area contributed by atoms with Crippen molar-refractivity contribution in [1.82, 2.24) is 0 Å². The van der Waals surface area contributed by atoms with Crippen molar-refractivity contribution < 1.29 is 12.4 Å². The van der Waals surface area contributed by atoms with Gasteiger partial charge in [0.15, 0.2) is 11.6 Å². The van der Waals surface area contributed by atoms with Gasteiger partial charge in [-0.3, -0.25) is 9.59 Å². The highest BCUT2D eigenvalue weighted by atomic mass is 16.2. The Morgan fingerprint density at radius 2 is 1.33 bits per heavy atom. The molecule has 0 saturated heterocycles. The molecule has 0 N–H and O–H groups in total. The molecule has 0 heterocycles. The Hall–Kier alpha value is -0.660. The van der Waals surface area contributed by atoms with Crippen molar-refractivity contribution in [3.8, 4) is 0 Å². The first-order valence-electron chi connectivity index (χ1n) is 1.66. The summed E-state index contributed by atoms with van der Waals surface area (Å²) in [6.45, 7) is 2.50. The molecule has 0 rings (SSSR count). The monoisotopic (exact) mass is 90.1 g/mol. The second-order valence-electron chi connectivity index (χ2n) is 1.11. The van der Waals surface area contributed by atoms with Crippen LogP contribution in [0.4, 0.5) is 0 Å². The Morgan fingerprint density at radius 1 is 1.17 bits per heavy atom. The van der Waals surface area contributed by atoms with E-state index in [0.717, 1.165) is 0 Å². The minimum Gasteiger partial charge on any atom is -0.291 e. The van der Waals surface area contributed by atoms with Crippen molar-refractivity contribution in [2.24, 2.45) is 0 Å². The summed E-state index contributed by atoms with van der Waals surface area (Å²) < 4.78 is 0. The van der Waals surface area contributed by atoms with Crippen molar-refractivity contribution in [2.45, 2.75) is 13.8 Å². The number of ketones is 2. The van der Waals surface area contributed by atoms with Crippen molar-refractivity contribution in [2.75, 3.05) is 0 Å². The highest BCUT2D eigenvalue weighted by molar-refractivity contribution is 6.35. The van der Waals surface area contributed by atoms with Gasteiger partial charge in [-0.1, -0.05) is 0 Å². The lowest BCUT2D eigenvalue weighted by Gasteiger charge is -1.73. The molecule has 0 aliphatic rings. The van der Waals surface area contributed by atoms with Gasteiger partial charge < -0.3 is 0 Å². The normalized spacial score (nSPS) is 7.67. The highest BCUT2D eigenvalue weighted by Gasteiger charge is 1.94. The summed E-state index contributed by atoms with van der Waals surface area (Å²) in [5, 5.41) is 0. The predicted molar refractivity (Wildman–Crippen MR) is 25.6 cm³/mol. The maximum absolute atomic E-state index is 9.79. The zero-order valence-corrected chi connectivity index (χ0v) is 3.82. The van der Waals surface area contributed by atoms with Crippen LogP contribution in [0, 0.1) is 0 Å². The summed E-state index contributed by atoms with van der Waals surface area (Å²) >= 11 is 0. The van der Waals surface area contributed by atoms with E-state index in [0.29, 0.717) is 0 Å². The molecule has 0 amide bonds. The van der Waals surface area contributed by atoms with Crippen LogP contribution in [0.15, 0.2) is 0 Å². The summed E-state index contributed by atoms with van der Waals surface area (Å²) in [5.41, 5.74) is 0. The summed E-state index contributed by atoms with van der Waals surface area (Å²) in [5.74, 6) is -0.759. The van der Waals surface area contributed by atoms with E-state index in [4.69, 9.17) is 0 Å². The minimum absolute atomic E-state index is 0. The Balaban J connectivity index is -0.000000125. The largest absolute Gasteiger partial charge is 0.291 e. The van der Waals surface area contributed by atoms with Crippen LogP contribution in [-0.4, -0.2) is 11.6 Å². The van der Waals surface area contributed by atoms with Crippen LogP contribution in [0.1, 0.15) is 16.7 Å². The molecule has 0 unspecified atom stereocenters. The Bertz CT molecular complexity index is 78.0. The first-order valence-corrected chi connectivity index (χ1v) is 1.66. The van der Waals surface area contributed by atoms with E-state index < -0.39 is 0 Å². The number of rotatable bonds is 1. The molecule has 38 valence electrons. The molecule has 0 spiro atoms. The van der Waals surface area contributed by atoms with Crippen LogP contribution in [0.25, 0.3) is 0 Å². The van der Waals surface area contributed by atoms with Gasteiger partial charge >= 0.3 is 0 Å². The van der Waals surface area contributed by atoms with Crippen molar-refractivity contribution in [1.29, 1.82) is 0 Å². The van der Waals surface area contributed by atoms with Crippen LogP contribution in [0.5, 0.6) is 0 Å². The van der Waals surface area contributed by atoms with E-state index in [-0.39, 0.29) is 14.4 Å². The van der Waals surface area contributed by atoms with Gasteiger partial charge in [-0.25, -0.2) is 0 Å². The molecular formula is C4H10O2. The Kier molecular flexibility index (Phi) is 1.51. The van der Waals surface area contributed by atoms with Crippen LogP contribution in [-0.2, 0) is 9.59 Å². The topological polar surface area (TPSA) is 34.1 Å². The van der Waals surface area contributed by atoms with E-state index in [1.165, 1.54) is 13.8 Å². The van der Waals surface area contributed by atoms with Gasteiger partial charge in [0.25, 0.3) is 0 Å². The summed E-state index contributed by atoms with van der Waals surface area (Å²) in [6, 6.07) is 0. The van der Waals surface area contributed by atoms with Crippen LogP contribution in [0.2, 0.25) is 0 Å². The average Bonchev–Trinajstić information content (AvgIpc) is 1.36. The fraction of sp³-hybridized carbons (Fsp3) is 0.500. The fourth-order valence-corrected chi connectivity index (χ4v) is 0. The van der Waals surface area contributed by atoms with E-state index in [1.54, 1.807) is 0 Å². The first-order chi connectivity index (χ1) is 2.64. The molecule has 0 aromatic heterocycles. The van der Waals surface area contributed by atoms with E-state index in [1.807, 2.05) is 0 Å². The zero-order valence-electron chi connectivity index (χ0n) is 3.82. The molecule has 0 fully saturated rings. The summed E-state index contributed by atoms with van der Waals surface area (Å²) in [6.07, 6.45) is 0. The van der Waals surface area contributed by atoms with Crippen LogP contribution >= 0.6 is 0 Å². The molecule has 0 radical (unpaired) electrons. The van der Waals surface area contributed by atoms with Gasteiger partial charge in [-0.05, 0) is 0 Å². The third-order valence-electron chi connectivity index (χ3n) is 0.496. The smallest absolute Gasteiger partial charge is 0.195 e. The molecule has 0 aliphatic heterocycles. The molecule has 2 heteroatoms. The lowest BCUT2D eigenvalue weighted by molar-refractivity contribution is -0.134. The summed E-state index contributed by atoms with van der Waals surface area (Å²) in [4.78, 5) is 19.6. The lowest BCUT2D eigenvalue weighted by atomic mass is 10.3. The molecule has 0 aromatic carbocycles. The number of hydrogen-bond acceptors (Lipinski definition) is 2. The third kappa shape index (κ3) is 1.64. The quantitative estimate of drug-likeness (QED) is 0.443. The standard InChI is InChI=1S/C4H6O2.2H2/c1-3(5)4(2)6;;/h1-2H3;2*1H. The fourth-order valence-electron chi connectivity index (χ4n) is 0. The Labute approximate surface area is 39.1 Å². The van der Waals surface area contributed by atoms with Crippen molar-refractivity contribution in [3.05, 3.63) is 0 Å². The summed E-state index contributed by atoms with van der Waals surface area (Å²) in [7, 11) is 0. The van der Waals surface area contributed by atoms with Gasteiger partial charge in [0.1, 0.15) is 0 Å². The molecule has 2 nitrogen and oxygen atoms in total. The maximum atomic E-state index is 9.79. The van der Waals surface area contributed by atoms with Crippen LogP contribution in [0.3, 0.4) is 0 Å². The lowest BCUT2D eigenvalue weighted by Crippen LogP contribution is -2.01. The predicted octanol–water partition coefficient (Wildman–Crippen LogP) is 0.656. The number of hydrogen-bond donors (Lipinski definition) is 0. The van der Waals surface area contributed by atoms with Crippen LogP contribution < -0.4 is 0 Å². The SMILES string of the molecule is CC(=O)C(C)=O.[HH].[HH]. The van der Waals surface area contributed by atoms with Gasteiger partial charge in [0.05, 0.1) is 0 Å². The molecule has 0 aliphatic carbocycles. The zero-order chi connectivity index (χ0) is 5.15. The van der Waals surface area contributed by atoms with Crippen molar-refractivity contribution >= 4 is 11.6 Å². The Morgan fingerprint density at radius 3 is 1.33 bits per heavy atom. The number of carbonyl (C=O) groups is 2. The van der Waals surface area contributed by atoms with Gasteiger partial charge in [-0.2, -0.15) is 0 Å². The van der Waals surface area contributed by atoms with E-state index in [2.05, 4.69) is 0 Å². The maximum Gasteiger partial charge on any atom is 0.195 e. The highest BCUT2D eigenvalue weighted by Crippen LogP contribution is 1.66. The molecule has 0 saturated carbocycles.